The van der Waals surface area contributed by atoms with Crippen LogP contribution in [0.5, 0.6) is 0 Å². The van der Waals surface area contributed by atoms with E-state index in [0.29, 0.717) is 19.3 Å². The smallest absolute Gasteiger partial charge is 0.0897 e. The van der Waals surface area contributed by atoms with Crippen molar-refractivity contribution in [1.82, 2.24) is 5.32 Å². The summed E-state index contributed by atoms with van der Waals surface area (Å²) in [5.74, 6) is 1.06. The SMILES string of the molecule is CC1CCC(OCC(O)CNCC(C)CO)CC1. The fourth-order valence-corrected chi connectivity index (χ4v) is 2.26. The lowest BCUT2D eigenvalue weighted by Gasteiger charge is -2.27. The summed E-state index contributed by atoms with van der Waals surface area (Å²) in [7, 11) is 0. The Labute approximate surface area is 111 Å². The molecule has 2 unspecified atom stereocenters. The highest BCUT2D eigenvalue weighted by Gasteiger charge is 2.19. The van der Waals surface area contributed by atoms with Crippen LogP contribution in [0.15, 0.2) is 0 Å². The number of aliphatic hydroxyl groups excluding tert-OH is 2. The number of aliphatic hydroxyl groups is 2. The molecule has 1 fully saturated rings. The van der Waals surface area contributed by atoms with Crippen LogP contribution in [0, 0.1) is 11.8 Å². The van der Waals surface area contributed by atoms with Crippen LogP contribution in [0.25, 0.3) is 0 Å². The van der Waals surface area contributed by atoms with E-state index in [9.17, 15) is 5.11 Å². The van der Waals surface area contributed by atoms with Crippen LogP contribution in [-0.4, -0.2) is 48.7 Å². The average Bonchev–Trinajstić information content (AvgIpc) is 2.38. The van der Waals surface area contributed by atoms with Crippen LogP contribution in [0.4, 0.5) is 0 Å². The molecule has 0 aliphatic heterocycles. The van der Waals surface area contributed by atoms with Crippen molar-refractivity contribution in [1.29, 1.82) is 0 Å². The van der Waals surface area contributed by atoms with Crippen LogP contribution in [0.2, 0.25) is 0 Å². The van der Waals surface area contributed by atoms with Crippen molar-refractivity contribution in [2.24, 2.45) is 11.8 Å². The molecule has 4 heteroatoms. The lowest BCUT2D eigenvalue weighted by atomic mass is 9.89. The minimum atomic E-state index is -0.449. The molecule has 4 nitrogen and oxygen atoms in total. The van der Waals surface area contributed by atoms with Crippen molar-refractivity contribution in [2.45, 2.75) is 51.7 Å². The van der Waals surface area contributed by atoms with E-state index in [2.05, 4.69) is 12.2 Å². The lowest BCUT2D eigenvalue weighted by molar-refractivity contribution is -0.0280. The van der Waals surface area contributed by atoms with E-state index in [1.807, 2.05) is 6.92 Å². The van der Waals surface area contributed by atoms with Gasteiger partial charge in [-0.05, 0) is 44.1 Å². The highest BCUT2D eigenvalue weighted by atomic mass is 16.5. The summed E-state index contributed by atoms with van der Waals surface area (Å²) in [6.45, 7) is 6.12. The van der Waals surface area contributed by atoms with E-state index < -0.39 is 6.10 Å². The quantitative estimate of drug-likeness (QED) is 0.612. The highest BCUT2D eigenvalue weighted by Crippen LogP contribution is 2.25. The molecule has 1 saturated carbocycles. The van der Waals surface area contributed by atoms with Crippen LogP contribution >= 0.6 is 0 Å². The van der Waals surface area contributed by atoms with Gasteiger partial charge in [-0.15, -0.1) is 0 Å². The van der Waals surface area contributed by atoms with E-state index >= 15 is 0 Å². The van der Waals surface area contributed by atoms with Gasteiger partial charge >= 0.3 is 0 Å². The maximum absolute atomic E-state index is 9.77. The molecule has 108 valence electrons. The van der Waals surface area contributed by atoms with Gasteiger partial charge in [0.1, 0.15) is 0 Å². The van der Waals surface area contributed by atoms with Crippen LogP contribution < -0.4 is 5.32 Å². The molecule has 0 radical (unpaired) electrons. The summed E-state index contributed by atoms with van der Waals surface area (Å²) in [6, 6.07) is 0. The molecule has 0 aromatic rings. The zero-order valence-corrected chi connectivity index (χ0v) is 11.8. The molecule has 2 atom stereocenters. The van der Waals surface area contributed by atoms with E-state index in [-0.39, 0.29) is 12.5 Å². The van der Waals surface area contributed by atoms with E-state index in [0.717, 1.165) is 25.3 Å². The van der Waals surface area contributed by atoms with Gasteiger partial charge in [-0.1, -0.05) is 13.8 Å². The Balaban J connectivity index is 2.01. The normalized spacial score (nSPS) is 28.0. The third-order valence-electron chi connectivity index (χ3n) is 3.67. The molecule has 0 heterocycles. The van der Waals surface area contributed by atoms with Crippen molar-refractivity contribution in [2.75, 3.05) is 26.3 Å². The molecular weight excluding hydrogens is 230 g/mol. The third-order valence-corrected chi connectivity index (χ3v) is 3.67. The Bertz CT molecular complexity index is 205. The molecule has 0 bridgehead atoms. The molecule has 0 spiro atoms. The van der Waals surface area contributed by atoms with Crippen LogP contribution in [0.3, 0.4) is 0 Å². The van der Waals surface area contributed by atoms with Crippen LogP contribution in [-0.2, 0) is 4.74 Å². The lowest BCUT2D eigenvalue weighted by Crippen LogP contribution is -2.35. The summed E-state index contributed by atoms with van der Waals surface area (Å²) in [5, 5.41) is 21.8. The Kier molecular flexibility index (Phi) is 7.82. The molecule has 0 aromatic heterocycles. The molecule has 1 aliphatic rings. The summed E-state index contributed by atoms with van der Waals surface area (Å²) in [6.07, 6.45) is 4.63. The maximum atomic E-state index is 9.77. The largest absolute Gasteiger partial charge is 0.396 e. The van der Waals surface area contributed by atoms with E-state index in [4.69, 9.17) is 9.84 Å². The first-order valence-corrected chi connectivity index (χ1v) is 7.23. The van der Waals surface area contributed by atoms with Gasteiger partial charge < -0.3 is 20.3 Å². The summed E-state index contributed by atoms with van der Waals surface area (Å²) in [4.78, 5) is 0. The molecule has 18 heavy (non-hydrogen) atoms. The van der Waals surface area contributed by atoms with Crippen molar-refractivity contribution < 1.29 is 14.9 Å². The van der Waals surface area contributed by atoms with Gasteiger partial charge in [0.05, 0.1) is 18.8 Å². The van der Waals surface area contributed by atoms with Gasteiger partial charge in [0.2, 0.25) is 0 Å². The number of hydrogen-bond acceptors (Lipinski definition) is 4. The predicted molar refractivity (Wildman–Crippen MR) is 72.5 cm³/mol. The number of nitrogens with one attached hydrogen (secondary N) is 1. The zero-order valence-electron chi connectivity index (χ0n) is 11.8. The first-order valence-electron chi connectivity index (χ1n) is 7.23. The predicted octanol–water partition coefficient (Wildman–Crippen LogP) is 1.16. The monoisotopic (exact) mass is 259 g/mol. The van der Waals surface area contributed by atoms with Gasteiger partial charge in [-0.25, -0.2) is 0 Å². The van der Waals surface area contributed by atoms with Gasteiger partial charge in [0, 0.05) is 13.2 Å². The fourth-order valence-electron chi connectivity index (χ4n) is 2.26. The minimum absolute atomic E-state index is 0.180. The average molecular weight is 259 g/mol. The third kappa shape index (κ3) is 6.69. The van der Waals surface area contributed by atoms with Crippen molar-refractivity contribution in [3.63, 3.8) is 0 Å². The van der Waals surface area contributed by atoms with Gasteiger partial charge in [-0.3, -0.25) is 0 Å². The maximum Gasteiger partial charge on any atom is 0.0897 e. The molecule has 1 rings (SSSR count). The van der Waals surface area contributed by atoms with Crippen molar-refractivity contribution in [3.05, 3.63) is 0 Å². The van der Waals surface area contributed by atoms with Crippen molar-refractivity contribution in [3.8, 4) is 0 Å². The van der Waals surface area contributed by atoms with Gasteiger partial charge in [-0.2, -0.15) is 0 Å². The van der Waals surface area contributed by atoms with E-state index in [1.165, 1.54) is 12.8 Å². The first kappa shape index (κ1) is 15.9. The number of hydrogen-bond donors (Lipinski definition) is 3. The Morgan fingerprint density at radius 3 is 2.50 bits per heavy atom. The standard InChI is InChI=1S/C14H29NO3/c1-11-3-5-14(6-4-11)18-10-13(17)8-15-7-12(2)9-16/h11-17H,3-10H2,1-2H3. The molecule has 0 saturated heterocycles. The Hall–Kier alpha value is -0.160. The second-order valence-corrected chi connectivity index (χ2v) is 5.82. The van der Waals surface area contributed by atoms with E-state index in [1.54, 1.807) is 0 Å². The molecular formula is C14H29NO3. The Morgan fingerprint density at radius 2 is 1.89 bits per heavy atom. The van der Waals surface area contributed by atoms with Gasteiger partial charge in [0.25, 0.3) is 0 Å². The fraction of sp³-hybridized carbons (Fsp3) is 1.00. The second kappa shape index (κ2) is 8.86. The second-order valence-electron chi connectivity index (χ2n) is 5.82. The zero-order chi connectivity index (χ0) is 13.4. The van der Waals surface area contributed by atoms with Crippen molar-refractivity contribution >= 4 is 0 Å². The summed E-state index contributed by atoms with van der Waals surface area (Å²) in [5.41, 5.74) is 0. The van der Waals surface area contributed by atoms with Gasteiger partial charge in [0.15, 0.2) is 0 Å². The molecule has 1 aliphatic carbocycles. The van der Waals surface area contributed by atoms with Crippen LogP contribution in [0.1, 0.15) is 39.5 Å². The first-order chi connectivity index (χ1) is 8.61. The summed E-state index contributed by atoms with van der Waals surface area (Å²) >= 11 is 0. The molecule has 0 amide bonds. The number of rotatable bonds is 8. The minimum Gasteiger partial charge on any atom is -0.396 e. The summed E-state index contributed by atoms with van der Waals surface area (Å²) < 4.78 is 5.74. The Morgan fingerprint density at radius 1 is 1.22 bits per heavy atom. The number of ether oxygens (including phenoxy) is 1. The molecule has 3 N–H and O–H groups in total. The highest BCUT2D eigenvalue weighted by molar-refractivity contribution is 4.71. The topological polar surface area (TPSA) is 61.7 Å². The molecule has 0 aromatic carbocycles.